The third kappa shape index (κ3) is 2.44. The highest BCUT2D eigenvalue weighted by molar-refractivity contribution is 9.10. The Hall–Kier alpha value is -1.95. The Labute approximate surface area is 118 Å². The minimum absolute atomic E-state index is 0.132. The van der Waals surface area contributed by atoms with E-state index < -0.39 is 0 Å². The summed E-state index contributed by atoms with van der Waals surface area (Å²) < 4.78 is 2.90. The summed E-state index contributed by atoms with van der Waals surface area (Å²) in [7, 11) is 0. The zero-order valence-corrected chi connectivity index (χ0v) is 11.9. The molecule has 1 unspecified atom stereocenters. The molecule has 19 heavy (non-hydrogen) atoms. The number of halogens is 1. The van der Waals surface area contributed by atoms with Gasteiger partial charge in [0.25, 0.3) is 0 Å². The van der Waals surface area contributed by atoms with Crippen molar-refractivity contribution in [2.45, 2.75) is 13.0 Å². The highest BCUT2D eigenvalue weighted by Gasteiger charge is 2.10. The van der Waals surface area contributed by atoms with Crippen LogP contribution in [0.1, 0.15) is 18.5 Å². The van der Waals surface area contributed by atoms with Gasteiger partial charge >= 0.3 is 0 Å². The molecule has 3 aromatic rings. The maximum Gasteiger partial charge on any atom is 0.203 e. The van der Waals surface area contributed by atoms with Crippen LogP contribution in [0, 0.1) is 0 Å². The number of benzene rings is 1. The second kappa shape index (κ2) is 4.97. The predicted molar refractivity (Wildman–Crippen MR) is 77.0 cm³/mol. The van der Waals surface area contributed by atoms with E-state index in [1.807, 2.05) is 22.7 Å². The normalized spacial score (nSPS) is 12.5. The van der Waals surface area contributed by atoms with Crippen LogP contribution < -0.4 is 5.32 Å². The van der Waals surface area contributed by atoms with Gasteiger partial charge in [0.2, 0.25) is 5.65 Å². The van der Waals surface area contributed by atoms with Gasteiger partial charge in [0.1, 0.15) is 6.33 Å². The molecule has 2 aromatic heterocycles. The van der Waals surface area contributed by atoms with Crippen molar-refractivity contribution in [3.05, 3.63) is 53.0 Å². The molecule has 0 fully saturated rings. The van der Waals surface area contributed by atoms with Gasteiger partial charge in [-0.25, -0.2) is 4.98 Å². The molecule has 1 atom stereocenters. The van der Waals surface area contributed by atoms with Gasteiger partial charge < -0.3 is 5.32 Å². The molecule has 6 heteroatoms. The highest BCUT2D eigenvalue weighted by Crippen LogP contribution is 2.22. The number of hydrogen-bond acceptors (Lipinski definition) is 4. The quantitative estimate of drug-likeness (QED) is 0.806. The summed E-state index contributed by atoms with van der Waals surface area (Å²) in [5, 5.41) is 11.3. The van der Waals surface area contributed by atoms with Crippen molar-refractivity contribution in [2.24, 2.45) is 0 Å². The number of rotatable bonds is 3. The first kappa shape index (κ1) is 12.1. The minimum Gasteiger partial charge on any atom is -0.360 e. The van der Waals surface area contributed by atoms with Gasteiger partial charge in [-0.3, -0.25) is 4.40 Å². The van der Waals surface area contributed by atoms with E-state index in [9.17, 15) is 0 Å². The van der Waals surface area contributed by atoms with Gasteiger partial charge in [-0.2, -0.15) is 0 Å². The monoisotopic (exact) mass is 317 g/mol. The van der Waals surface area contributed by atoms with Crippen molar-refractivity contribution in [1.82, 2.24) is 19.6 Å². The summed E-state index contributed by atoms with van der Waals surface area (Å²) in [5.74, 6) is 0.729. The van der Waals surface area contributed by atoms with E-state index in [4.69, 9.17) is 0 Å². The first-order chi connectivity index (χ1) is 9.24. The van der Waals surface area contributed by atoms with Crippen molar-refractivity contribution in [3.63, 3.8) is 0 Å². The van der Waals surface area contributed by atoms with E-state index in [0.717, 1.165) is 15.9 Å². The molecule has 0 amide bonds. The van der Waals surface area contributed by atoms with Crippen LogP contribution >= 0.6 is 15.9 Å². The van der Waals surface area contributed by atoms with Crippen LogP contribution in [0.15, 0.2) is 47.5 Å². The Morgan fingerprint density at radius 2 is 2.26 bits per heavy atom. The van der Waals surface area contributed by atoms with Gasteiger partial charge in [-0.15, -0.1) is 10.2 Å². The lowest BCUT2D eigenvalue weighted by Crippen LogP contribution is -2.09. The average molecular weight is 318 g/mol. The fraction of sp³-hybridized carbons (Fsp3) is 0.154. The largest absolute Gasteiger partial charge is 0.360 e. The zero-order valence-electron chi connectivity index (χ0n) is 10.3. The third-order valence-electron chi connectivity index (χ3n) is 2.92. The molecule has 5 nitrogen and oxygen atoms in total. The van der Waals surface area contributed by atoms with E-state index >= 15 is 0 Å². The van der Waals surface area contributed by atoms with Gasteiger partial charge in [-0.1, -0.05) is 28.1 Å². The van der Waals surface area contributed by atoms with Crippen molar-refractivity contribution in [2.75, 3.05) is 5.32 Å². The molecule has 0 bridgehead atoms. The highest BCUT2D eigenvalue weighted by atomic mass is 79.9. The number of anilines is 1. The molecule has 1 N–H and O–H groups in total. The summed E-state index contributed by atoms with van der Waals surface area (Å²) >= 11 is 3.48. The van der Waals surface area contributed by atoms with Crippen molar-refractivity contribution >= 4 is 27.4 Å². The van der Waals surface area contributed by atoms with Crippen molar-refractivity contribution in [1.29, 1.82) is 0 Å². The zero-order chi connectivity index (χ0) is 13.2. The molecule has 0 spiro atoms. The lowest BCUT2D eigenvalue weighted by atomic mass is 10.1. The first-order valence-corrected chi connectivity index (χ1v) is 6.69. The third-order valence-corrected chi connectivity index (χ3v) is 3.41. The molecule has 96 valence electrons. The van der Waals surface area contributed by atoms with Gasteiger partial charge in [-0.05, 0) is 24.6 Å². The maximum absolute atomic E-state index is 4.32. The Bertz CT molecular complexity index is 709. The summed E-state index contributed by atoms with van der Waals surface area (Å²) in [6, 6.07) is 8.32. The number of aromatic nitrogens is 4. The Balaban J connectivity index is 1.90. The Morgan fingerprint density at radius 3 is 3.11 bits per heavy atom. The average Bonchev–Trinajstić information content (AvgIpc) is 2.88. The molecule has 0 aliphatic carbocycles. The van der Waals surface area contributed by atoms with E-state index in [1.165, 1.54) is 5.56 Å². The number of nitrogens with zero attached hydrogens (tertiary/aromatic N) is 4. The number of fused-ring (bicyclic) bond motifs is 1. The molecular formula is C13H12BrN5. The van der Waals surface area contributed by atoms with Crippen LogP contribution in [0.5, 0.6) is 0 Å². The molecule has 3 rings (SSSR count). The van der Waals surface area contributed by atoms with Crippen LogP contribution in [0.25, 0.3) is 5.65 Å². The van der Waals surface area contributed by atoms with Gasteiger partial charge in [0.05, 0.1) is 6.04 Å². The number of nitrogens with one attached hydrogen (secondary N) is 1. The molecule has 0 saturated carbocycles. The predicted octanol–water partition coefficient (Wildman–Crippen LogP) is 3.06. The maximum atomic E-state index is 4.32. The summed E-state index contributed by atoms with van der Waals surface area (Å²) in [6.07, 6.45) is 5.21. The van der Waals surface area contributed by atoms with Crippen LogP contribution in [0.2, 0.25) is 0 Å². The van der Waals surface area contributed by atoms with Crippen LogP contribution in [0.3, 0.4) is 0 Å². The number of hydrogen-bond donors (Lipinski definition) is 1. The molecule has 1 aromatic carbocycles. The van der Waals surface area contributed by atoms with Crippen molar-refractivity contribution in [3.8, 4) is 0 Å². The van der Waals surface area contributed by atoms with Crippen LogP contribution in [-0.4, -0.2) is 19.6 Å². The van der Waals surface area contributed by atoms with Crippen molar-refractivity contribution < 1.29 is 0 Å². The smallest absolute Gasteiger partial charge is 0.203 e. The summed E-state index contributed by atoms with van der Waals surface area (Å²) in [4.78, 5) is 4.32. The topological polar surface area (TPSA) is 55.1 Å². The molecule has 2 heterocycles. The molecule has 0 aliphatic rings. The Kier molecular flexibility index (Phi) is 3.16. The molecule has 0 saturated heterocycles. The van der Waals surface area contributed by atoms with Crippen LogP contribution in [0.4, 0.5) is 5.82 Å². The van der Waals surface area contributed by atoms with E-state index in [-0.39, 0.29) is 6.04 Å². The lowest BCUT2D eigenvalue weighted by Gasteiger charge is -2.15. The van der Waals surface area contributed by atoms with Gasteiger partial charge in [0, 0.05) is 16.9 Å². The molecule has 0 radical (unpaired) electrons. The second-order valence-electron chi connectivity index (χ2n) is 4.26. The molecular weight excluding hydrogens is 306 g/mol. The summed E-state index contributed by atoms with van der Waals surface area (Å²) in [5.41, 5.74) is 1.90. The van der Waals surface area contributed by atoms with E-state index in [1.54, 1.807) is 12.5 Å². The standard InChI is InChI=1S/C13H12BrN5/c1-9(10-3-2-4-11(14)7-10)17-12-13-18-16-8-19(13)6-5-15-12/h2-9H,1H3,(H,15,17). The SMILES string of the molecule is CC(Nc1nccn2cnnc12)c1cccc(Br)c1. The van der Waals surface area contributed by atoms with E-state index in [0.29, 0.717) is 0 Å². The fourth-order valence-electron chi connectivity index (χ4n) is 1.92. The fourth-order valence-corrected chi connectivity index (χ4v) is 2.34. The second-order valence-corrected chi connectivity index (χ2v) is 5.17. The van der Waals surface area contributed by atoms with Crippen LogP contribution in [-0.2, 0) is 0 Å². The van der Waals surface area contributed by atoms with E-state index in [2.05, 4.69) is 55.5 Å². The minimum atomic E-state index is 0.132. The van der Waals surface area contributed by atoms with Gasteiger partial charge in [0.15, 0.2) is 5.82 Å². The Morgan fingerprint density at radius 1 is 1.37 bits per heavy atom. The summed E-state index contributed by atoms with van der Waals surface area (Å²) in [6.45, 7) is 2.09. The first-order valence-electron chi connectivity index (χ1n) is 5.90. The lowest BCUT2D eigenvalue weighted by molar-refractivity contribution is 0.871. The molecule has 0 aliphatic heterocycles.